The van der Waals surface area contributed by atoms with Gasteiger partial charge in [-0.15, -0.1) is 0 Å². The van der Waals surface area contributed by atoms with Gasteiger partial charge in [0, 0.05) is 16.4 Å². The maximum atomic E-state index is 12.2. The molecule has 0 saturated carbocycles. The lowest BCUT2D eigenvalue weighted by Gasteiger charge is -2.09. The van der Waals surface area contributed by atoms with Gasteiger partial charge in [0.25, 0.3) is 11.8 Å². The molecule has 0 aliphatic rings. The Bertz CT molecular complexity index is 1060. The topological polar surface area (TPSA) is 113 Å². The van der Waals surface area contributed by atoms with Gasteiger partial charge in [-0.1, -0.05) is 24.3 Å². The quantitative estimate of drug-likeness (QED) is 0.471. The minimum absolute atomic E-state index is 0.0599. The van der Waals surface area contributed by atoms with Crippen LogP contribution in [0.15, 0.2) is 46.9 Å². The lowest BCUT2D eigenvalue weighted by molar-refractivity contribution is -0.147. The number of benzene rings is 2. The van der Waals surface area contributed by atoms with E-state index in [9.17, 15) is 14.4 Å². The number of esters is 1. The average molecular weight is 459 g/mol. The Morgan fingerprint density at radius 1 is 1.17 bits per heavy atom. The van der Waals surface area contributed by atoms with Crippen molar-refractivity contribution >= 4 is 50.3 Å². The van der Waals surface area contributed by atoms with Crippen molar-refractivity contribution in [2.75, 3.05) is 18.5 Å². The van der Waals surface area contributed by atoms with E-state index in [2.05, 4.69) is 36.8 Å². The number of fused-ring (bicyclic) bond motifs is 1. The van der Waals surface area contributed by atoms with Crippen LogP contribution in [0, 0.1) is 6.92 Å². The first kappa shape index (κ1) is 20.5. The van der Waals surface area contributed by atoms with Crippen molar-refractivity contribution in [1.82, 2.24) is 15.5 Å². The molecular weight excluding hydrogens is 440 g/mol. The summed E-state index contributed by atoms with van der Waals surface area (Å²) in [6, 6.07) is 12.7. The maximum Gasteiger partial charge on any atom is 0.308 e. The van der Waals surface area contributed by atoms with Crippen molar-refractivity contribution in [2.45, 2.75) is 13.3 Å². The summed E-state index contributed by atoms with van der Waals surface area (Å²) in [5.74, 6) is -1.43. The fourth-order valence-corrected chi connectivity index (χ4v) is 3.22. The van der Waals surface area contributed by atoms with Crippen LogP contribution in [0.3, 0.4) is 0 Å². The Morgan fingerprint density at radius 3 is 2.76 bits per heavy atom. The van der Waals surface area contributed by atoms with Gasteiger partial charge in [0.1, 0.15) is 0 Å². The molecule has 2 amide bonds. The van der Waals surface area contributed by atoms with E-state index in [4.69, 9.17) is 4.74 Å². The molecule has 0 bridgehead atoms. The van der Waals surface area contributed by atoms with Crippen LogP contribution in [0.1, 0.15) is 22.5 Å². The SMILES string of the molecule is Cc1ccc(NC(=O)COC(=O)CCNC(=O)c2n[nH]c3ccccc23)c(Br)c1. The molecule has 1 heterocycles. The summed E-state index contributed by atoms with van der Waals surface area (Å²) in [7, 11) is 0. The normalized spacial score (nSPS) is 10.6. The van der Waals surface area contributed by atoms with E-state index in [1.165, 1.54) is 0 Å². The summed E-state index contributed by atoms with van der Waals surface area (Å²) in [4.78, 5) is 35.9. The van der Waals surface area contributed by atoms with Gasteiger partial charge in [-0.2, -0.15) is 5.10 Å². The molecule has 0 aliphatic carbocycles. The first-order valence-corrected chi connectivity index (χ1v) is 9.66. The molecular formula is C20H19BrN4O4. The Morgan fingerprint density at radius 2 is 1.97 bits per heavy atom. The molecule has 9 heteroatoms. The predicted molar refractivity (Wildman–Crippen MR) is 112 cm³/mol. The van der Waals surface area contributed by atoms with Gasteiger partial charge < -0.3 is 15.4 Å². The molecule has 1 aromatic heterocycles. The number of amides is 2. The van der Waals surface area contributed by atoms with E-state index in [1.54, 1.807) is 12.1 Å². The minimum atomic E-state index is -0.588. The monoisotopic (exact) mass is 458 g/mol. The molecule has 3 aromatic rings. The Balaban J connectivity index is 1.40. The molecule has 0 unspecified atom stereocenters. The zero-order chi connectivity index (χ0) is 20.8. The van der Waals surface area contributed by atoms with Gasteiger partial charge in [-0.25, -0.2) is 0 Å². The molecule has 3 N–H and O–H groups in total. The van der Waals surface area contributed by atoms with Crippen molar-refractivity contribution in [1.29, 1.82) is 0 Å². The van der Waals surface area contributed by atoms with Crippen LogP contribution >= 0.6 is 15.9 Å². The third-order valence-corrected chi connectivity index (χ3v) is 4.72. The number of nitrogens with one attached hydrogen (secondary N) is 3. The van der Waals surface area contributed by atoms with Gasteiger partial charge in [-0.05, 0) is 46.6 Å². The zero-order valence-corrected chi connectivity index (χ0v) is 17.2. The molecule has 0 saturated heterocycles. The molecule has 29 heavy (non-hydrogen) atoms. The molecule has 8 nitrogen and oxygen atoms in total. The van der Waals surface area contributed by atoms with Crippen LogP contribution in [0.25, 0.3) is 10.9 Å². The van der Waals surface area contributed by atoms with Crippen LogP contribution in [0.2, 0.25) is 0 Å². The number of halogens is 1. The van der Waals surface area contributed by atoms with E-state index in [0.717, 1.165) is 15.6 Å². The number of hydrogen-bond donors (Lipinski definition) is 3. The van der Waals surface area contributed by atoms with Gasteiger partial charge in [0.2, 0.25) is 0 Å². The third-order valence-electron chi connectivity index (χ3n) is 4.06. The van der Waals surface area contributed by atoms with Gasteiger partial charge in [0.05, 0.1) is 17.6 Å². The van der Waals surface area contributed by atoms with Crippen LogP contribution in [-0.4, -0.2) is 41.1 Å². The van der Waals surface area contributed by atoms with Crippen molar-refractivity contribution < 1.29 is 19.1 Å². The largest absolute Gasteiger partial charge is 0.456 e. The summed E-state index contributed by atoms with van der Waals surface area (Å²) in [5.41, 5.74) is 2.65. The number of para-hydroxylation sites is 1. The van der Waals surface area contributed by atoms with E-state index in [1.807, 2.05) is 37.3 Å². The van der Waals surface area contributed by atoms with E-state index >= 15 is 0 Å². The van der Waals surface area contributed by atoms with Crippen LogP contribution < -0.4 is 10.6 Å². The number of hydrogen-bond acceptors (Lipinski definition) is 5. The first-order valence-electron chi connectivity index (χ1n) is 8.87. The number of aromatic amines is 1. The lowest BCUT2D eigenvalue weighted by atomic mass is 10.2. The second-order valence-corrected chi connectivity index (χ2v) is 7.17. The van der Waals surface area contributed by atoms with E-state index in [-0.39, 0.29) is 18.7 Å². The van der Waals surface area contributed by atoms with Crippen molar-refractivity contribution in [3.8, 4) is 0 Å². The lowest BCUT2D eigenvalue weighted by Crippen LogP contribution is -2.28. The molecule has 2 aromatic carbocycles. The Labute approximate surface area is 175 Å². The molecule has 150 valence electrons. The molecule has 0 fully saturated rings. The second kappa shape index (κ2) is 9.33. The highest BCUT2D eigenvalue weighted by Crippen LogP contribution is 2.23. The van der Waals surface area contributed by atoms with Crippen molar-refractivity contribution in [3.05, 3.63) is 58.2 Å². The predicted octanol–water partition coefficient (Wildman–Crippen LogP) is 2.94. The summed E-state index contributed by atoms with van der Waals surface area (Å²) in [6.45, 7) is 1.60. The number of rotatable bonds is 7. The molecule has 0 radical (unpaired) electrons. The number of carbonyl (C=O) groups excluding carboxylic acids is 3. The molecule has 0 atom stereocenters. The molecule has 0 spiro atoms. The summed E-state index contributed by atoms with van der Waals surface area (Å²) < 4.78 is 5.68. The Hall–Kier alpha value is -3.20. The van der Waals surface area contributed by atoms with Gasteiger partial charge in [-0.3, -0.25) is 19.5 Å². The summed E-state index contributed by atoms with van der Waals surface area (Å²) in [6.07, 6.45) is -0.0599. The second-order valence-electron chi connectivity index (χ2n) is 6.32. The van der Waals surface area contributed by atoms with Crippen LogP contribution in [-0.2, 0) is 14.3 Å². The smallest absolute Gasteiger partial charge is 0.308 e. The van der Waals surface area contributed by atoms with E-state index < -0.39 is 24.4 Å². The van der Waals surface area contributed by atoms with Gasteiger partial charge in [0.15, 0.2) is 12.3 Å². The van der Waals surface area contributed by atoms with Gasteiger partial charge >= 0.3 is 5.97 Å². The Kier molecular flexibility index (Phi) is 6.61. The summed E-state index contributed by atoms with van der Waals surface area (Å²) in [5, 5.41) is 12.8. The number of H-pyrrole nitrogens is 1. The fraction of sp³-hybridized carbons (Fsp3) is 0.200. The number of ether oxygens (including phenoxy) is 1. The standard InChI is InChI=1S/C20H19BrN4O4/c1-12-6-7-16(14(21)10-12)23-17(26)11-29-18(27)8-9-22-20(28)19-13-4-2-3-5-15(13)24-25-19/h2-7,10H,8-9,11H2,1H3,(H,22,28)(H,23,26)(H,24,25). The highest BCUT2D eigenvalue weighted by atomic mass is 79.9. The number of anilines is 1. The number of aryl methyl sites for hydroxylation is 1. The number of nitrogens with zero attached hydrogens (tertiary/aromatic N) is 1. The zero-order valence-electron chi connectivity index (χ0n) is 15.6. The van der Waals surface area contributed by atoms with Crippen LogP contribution in [0.5, 0.6) is 0 Å². The van der Waals surface area contributed by atoms with Crippen molar-refractivity contribution in [2.24, 2.45) is 0 Å². The van der Waals surface area contributed by atoms with E-state index in [0.29, 0.717) is 11.1 Å². The average Bonchev–Trinajstić information content (AvgIpc) is 3.13. The number of aromatic nitrogens is 2. The minimum Gasteiger partial charge on any atom is -0.456 e. The van der Waals surface area contributed by atoms with Crippen molar-refractivity contribution in [3.63, 3.8) is 0 Å². The van der Waals surface area contributed by atoms with Crippen LogP contribution in [0.4, 0.5) is 5.69 Å². The molecule has 0 aliphatic heterocycles. The highest BCUT2D eigenvalue weighted by molar-refractivity contribution is 9.10. The highest BCUT2D eigenvalue weighted by Gasteiger charge is 2.14. The number of carbonyl (C=O) groups is 3. The fourth-order valence-electron chi connectivity index (χ4n) is 2.62. The maximum absolute atomic E-state index is 12.2. The first-order chi connectivity index (χ1) is 13.9. The third kappa shape index (κ3) is 5.41. The summed E-state index contributed by atoms with van der Waals surface area (Å²) >= 11 is 3.36. The molecule has 3 rings (SSSR count).